The number of rotatable bonds is 4. The second-order valence-electron chi connectivity index (χ2n) is 1.03. The van der Waals surface area contributed by atoms with E-state index in [0.29, 0.717) is 6.61 Å². The predicted molar refractivity (Wildman–Crippen MR) is 30.4 cm³/mol. The van der Waals surface area contributed by atoms with Gasteiger partial charge in [0.2, 0.25) is 11.3 Å². The molecule has 5 heteroatoms. The second kappa shape index (κ2) is 5.17. The van der Waals surface area contributed by atoms with Gasteiger partial charge in [-0.15, -0.1) is 0 Å². The van der Waals surface area contributed by atoms with E-state index in [2.05, 4.69) is 9.46 Å². The summed E-state index contributed by atoms with van der Waals surface area (Å²) >= 11 is -1.94. The third-order valence-electron chi connectivity index (χ3n) is 0.489. The highest BCUT2D eigenvalue weighted by molar-refractivity contribution is 7.77. The number of hydrogen-bond donors (Lipinski definition) is 2. The van der Waals surface area contributed by atoms with E-state index in [1.54, 1.807) is 0 Å². The molecule has 0 saturated heterocycles. The maximum absolute atomic E-state index is 9.79. The van der Waals surface area contributed by atoms with Crippen LogP contribution in [0.1, 0.15) is 6.92 Å². The Morgan fingerprint density at radius 3 is 2.88 bits per heavy atom. The molecule has 0 aliphatic carbocycles. The van der Waals surface area contributed by atoms with Crippen LogP contribution in [0.2, 0.25) is 0 Å². The van der Waals surface area contributed by atoms with Gasteiger partial charge in [0.1, 0.15) is 6.73 Å². The third-order valence-corrected chi connectivity index (χ3v) is 0.853. The van der Waals surface area contributed by atoms with Crippen LogP contribution in [0.25, 0.3) is 0 Å². The van der Waals surface area contributed by atoms with Gasteiger partial charge in [-0.1, -0.05) is 0 Å². The molecule has 0 aliphatic heterocycles. The summed E-state index contributed by atoms with van der Waals surface area (Å²) in [6.07, 6.45) is 0. The Hall–Kier alpha value is 0.0300. The smallest absolute Gasteiger partial charge is 0.233 e. The fourth-order valence-corrected chi connectivity index (χ4v) is 0.378. The molecule has 0 bridgehead atoms. The van der Waals surface area contributed by atoms with Crippen molar-refractivity contribution in [2.45, 2.75) is 6.92 Å². The van der Waals surface area contributed by atoms with Gasteiger partial charge in [0.15, 0.2) is 0 Å². The minimum atomic E-state index is -1.94. The highest BCUT2D eigenvalue weighted by atomic mass is 32.2. The van der Waals surface area contributed by atoms with Gasteiger partial charge < -0.3 is 4.74 Å². The average molecular weight is 139 g/mol. The number of nitrogens with one attached hydrogen (secondary N) is 1. The first-order valence-corrected chi connectivity index (χ1v) is 3.30. The summed E-state index contributed by atoms with van der Waals surface area (Å²) < 4.78 is 24.7. The Balaban J connectivity index is 2.82. The zero-order valence-corrected chi connectivity index (χ0v) is 5.40. The molecule has 8 heavy (non-hydrogen) atoms. The van der Waals surface area contributed by atoms with E-state index < -0.39 is 11.3 Å². The van der Waals surface area contributed by atoms with E-state index in [-0.39, 0.29) is 6.73 Å². The zero-order chi connectivity index (χ0) is 6.41. The first-order valence-electron chi connectivity index (χ1n) is 2.19. The summed E-state index contributed by atoms with van der Waals surface area (Å²) in [6.45, 7) is 2.48. The van der Waals surface area contributed by atoms with E-state index in [4.69, 9.17) is 4.55 Å². The molecule has 1 unspecified atom stereocenters. The molecule has 4 nitrogen and oxygen atoms in total. The monoisotopic (exact) mass is 139 g/mol. The highest BCUT2D eigenvalue weighted by Crippen LogP contribution is 1.67. The van der Waals surface area contributed by atoms with Crippen molar-refractivity contribution in [2.75, 3.05) is 13.3 Å². The van der Waals surface area contributed by atoms with E-state index in [1.165, 1.54) is 0 Å². The van der Waals surface area contributed by atoms with Crippen molar-refractivity contribution >= 4 is 11.3 Å². The molecule has 0 rings (SSSR count). The highest BCUT2D eigenvalue weighted by Gasteiger charge is 1.86. The summed E-state index contributed by atoms with van der Waals surface area (Å²) in [5, 5.41) is 0. The minimum absolute atomic E-state index is 0.125. The number of hydrogen-bond acceptors (Lipinski definition) is 2. The normalized spacial score (nSPS) is 13.8. The summed E-state index contributed by atoms with van der Waals surface area (Å²) in [6, 6.07) is 0. The molecule has 0 aromatic carbocycles. The summed E-state index contributed by atoms with van der Waals surface area (Å²) in [5.74, 6) is 0. The molecule has 0 aliphatic rings. The van der Waals surface area contributed by atoms with Gasteiger partial charge in [-0.2, -0.15) is 4.72 Å². The molecular formula is C3H9NO3S. The van der Waals surface area contributed by atoms with E-state index in [1.807, 2.05) is 6.92 Å². The molecule has 0 radical (unpaired) electrons. The summed E-state index contributed by atoms with van der Waals surface area (Å²) in [4.78, 5) is 0. The molecule has 50 valence electrons. The van der Waals surface area contributed by atoms with Gasteiger partial charge in [0.05, 0.1) is 0 Å². The maximum Gasteiger partial charge on any atom is 0.233 e. The fourth-order valence-electron chi connectivity index (χ4n) is 0.194. The molecule has 0 heterocycles. The predicted octanol–water partition coefficient (Wildman–Crippen LogP) is -0.293. The van der Waals surface area contributed by atoms with Crippen LogP contribution in [0.15, 0.2) is 0 Å². The lowest BCUT2D eigenvalue weighted by Crippen LogP contribution is -2.19. The van der Waals surface area contributed by atoms with Crippen molar-refractivity contribution in [3.05, 3.63) is 0 Å². The quantitative estimate of drug-likeness (QED) is 0.319. The lowest BCUT2D eigenvalue weighted by Gasteiger charge is -1.96. The molecule has 0 saturated carbocycles. The van der Waals surface area contributed by atoms with Gasteiger partial charge in [0.25, 0.3) is 0 Å². The molecule has 0 spiro atoms. The fraction of sp³-hybridized carbons (Fsp3) is 1.00. The SMILES string of the molecule is CCOCNS(=O)O. The van der Waals surface area contributed by atoms with Gasteiger partial charge in [-0.3, -0.25) is 4.55 Å². The third kappa shape index (κ3) is 6.03. The van der Waals surface area contributed by atoms with Crippen LogP contribution in [0.4, 0.5) is 0 Å². The van der Waals surface area contributed by atoms with E-state index >= 15 is 0 Å². The largest absolute Gasteiger partial charge is 0.366 e. The van der Waals surface area contributed by atoms with Crippen molar-refractivity contribution < 1.29 is 13.5 Å². The average Bonchev–Trinajstić information content (AvgIpc) is 1.66. The van der Waals surface area contributed by atoms with Gasteiger partial charge in [0, 0.05) is 6.61 Å². The first kappa shape index (κ1) is 8.03. The van der Waals surface area contributed by atoms with Crippen LogP contribution in [0, 0.1) is 0 Å². The number of ether oxygens (including phenoxy) is 1. The van der Waals surface area contributed by atoms with Crippen molar-refractivity contribution in [3.8, 4) is 0 Å². The first-order chi connectivity index (χ1) is 3.77. The minimum Gasteiger partial charge on any atom is -0.366 e. The Kier molecular flexibility index (Phi) is 5.19. The van der Waals surface area contributed by atoms with Crippen molar-refractivity contribution in [3.63, 3.8) is 0 Å². The van der Waals surface area contributed by atoms with Crippen LogP contribution >= 0.6 is 0 Å². The Morgan fingerprint density at radius 2 is 2.50 bits per heavy atom. The maximum atomic E-state index is 9.79. The Morgan fingerprint density at radius 1 is 1.88 bits per heavy atom. The van der Waals surface area contributed by atoms with E-state index in [0.717, 1.165) is 0 Å². The van der Waals surface area contributed by atoms with Crippen LogP contribution in [0.5, 0.6) is 0 Å². The topological polar surface area (TPSA) is 58.6 Å². The van der Waals surface area contributed by atoms with Crippen LogP contribution in [-0.4, -0.2) is 22.1 Å². The van der Waals surface area contributed by atoms with Crippen molar-refractivity contribution in [2.24, 2.45) is 0 Å². The van der Waals surface area contributed by atoms with Crippen LogP contribution in [-0.2, 0) is 16.0 Å². The van der Waals surface area contributed by atoms with Gasteiger partial charge in [-0.05, 0) is 6.92 Å². The molecule has 0 aromatic heterocycles. The van der Waals surface area contributed by atoms with Gasteiger partial charge >= 0.3 is 0 Å². The molecule has 1 atom stereocenters. The molecule has 2 N–H and O–H groups in total. The summed E-state index contributed by atoms with van der Waals surface area (Å²) in [5.41, 5.74) is 0. The standard InChI is InChI=1S/C3H9NO3S/c1-2-7-3-4-8(5)6/h4H,2-3H2,1H3,(H,5,6). The molecular weight excluding hydrogens is 130 g/mol. The Labute approximate surface area is 50.6 Å². The second-order valence-corrected chi connectivity index (χ2v) is 1.82. The van der Waals surface area contributed by atoms with Crippen molar-refractivity contribution in [1.29, 1.82) is 0 Å². The van der Waals surface area contributed by atoms with E-state index in [9.17, 15) is 4.21 Å². The van der Waals surface area contributed by atoms with Crippen LogP contribution in [0.3, 0.4) is 0 Å². The lowest BCUT2D eigenvalue weighted by molar-refractivity contribution is 0.144. The molecule has 0 amide bonds. The lowest BCUT2D eigenvalue weighted by atomic mass is 10.9. The molecule has 0 aromatic rings. The zero-order valence-electron chi connectivity index (χ0n) is 4.59. The molecule has 0 fully saturated rings. The van der Waals surface area contributed by atoms with Gasteiger partial charge in [-0.25, -0.2) is 4.21 Å². The van der Waals surface area contributed by atoms with Crippen molar-refractivity contribution in [1.82, 2.24) is 4.72 Å². The Bertz CT molecular complexity index is 76.9. The van der Waals surface area contributed by atoms with Crippen LogP contribution < -0.4 is 4.72 Å². The summed E-state index contributed by atoms with van der Waals surface area (Å²) in [7, 11) is 0.